The lowest BCUT2D eigenvalue weighted by atomic mass is 9.93. The van der Waals surface area contributed by atoms with Crippen molar-refractivity contribution in [3.05, 3.63) is 72.3 Å². The van der Waals surface area contributed by atoms with Crippen LogP contribution < -0.4 is 4.90 Å². The van der Waals surface area contributed by atoms with Crippen molar-refractivity contribution in [1.29, 1.82) is 0 Å². The lowest BCUT2D eigenvalue weighted by Gasteiger charge is -2.43. The molecular weight excluding hydrogens is 292 g/mol. The Kier molecular flexibility index (Phi) is 4.24. The quantitative estimate of drug-likeness (QED) is 0.491. The van der Waals surface area contributed by atoms with Crippen LogP contribution in [0.3, 0.4) is 0 Å². The molecule has 0 N–H and O–H groups in total. The normalized spacial score (nSPS) is 20.5. The maximum absolute atomic E-state index is 12.3. The van der Waals surface area contributed by atoms with Crippen molar-refractivity contribution < 1.29 is 4.79 Å². The SMILES string of the molecule is O=C1C(N=C=S)C(C=Cc2ccccc2)N1c1ccccc1. The fourth-order valence-electron chi connectivity index (χ4n) is 2.54. The molecule has 108 valence electrons. The van der Waals surface area contributed by atoms with Gasteiger partial charge in [-0.1, -0.05) is 60.7 Å². The summed E-state index contributed by atoms with van der Waals surface area (Å²) in [5, 5.41) is 2.33. The zero-order valence-corrected chi connectivity index (χ0v) is 12.6. The van der Waals surface area contributed by atoms with E-state index in [0.29, 0.717) is 0 Å². The van der Waals surface area contributed by atoms with E-state index >= 15 is 0 Å². The van der Waals surface area contributed by atoms with Gasteiger partial charge >= 0.3 is 0 Å². The molecule has 0 aromatic heterocycles. The van der Waals surface area contributed by atoms with Crippen molar-refractivity contribution >= 4 is 35.0 Å². The predicted octanol–water partition coefficient (Wildman–Crippen LogP) is 3.59. The van der Waals surface area contributed by atoms with E-state index in [1.807, 2.05) is 72.8 Å². The van der Waals surface area contributed by atoms with Crippen LogP contribution in [0.25, 0.3) is 6.08 Å². The number of hydrogen-bond donors (Lipinski definition) is 0. The highest BCUT2D eigenvalue weighted by Crippen LogP contribution is 2.31. The molecule has 1 aliphatic rings. The van der Waals surface area contributed by atoms with Crippen LogP contribution in [-0.4, -0.2) is 23.2 Å². The first-order valence-electron chi connectivity index (χ1n) is 6.99. The topological polar surface area (TPSA) is 32.7 Å². The Balaban J connectivity index is 1.88. The van der Waals surface area contributed by atoms with Crippen LogP contribution in [0.1, 0.15) is 5.56 Å². The van der Waals surface area contributed by atoms with Crippen LogP contribution in [0.4, 0.5) is 5.69 Å². The minimum atomic E-state index is -0.474. The van der Waals surface area contributed by atoms with Crippen LogP contribution >= 0.6 is 12.2 Å². The molecule has 0 spiro atoms. The van der Waals surface area contributed by atoms with E-state index in [4.69, 9.17) is 0 Å². The fourth-order valence-corrected chi connectivity index (χ4v) is 2.65. The zero-order valence-electron chi connectivity index (χ0n) is 11.8. The van der Waals surface area contributed by atoms with E-state index in [1.54, 1.807) is 4.90 Å². The fraction of sp³-hybridized carbons (Fsp3) is 0.111. The van der Waals surface area contributed by atoms with E-state index < -0.39 is 6.04 Å². The van der Waals surface area contributed by atoms with Gasteiger partial charge < -0.3 is 4.90 Å². The van der Waals surface area contributed by atoms with E-state index in [-0.39, 0.29) is 11.9 Å². The molecule has 2 unspecified atom stereocenters. The third-order valence-electron chi connectivity index (χ3n) is 3.62. The zero-order chi connectivity index (χ0) is 15.4. The van der Waals surface area contributed by atoms with Gasteiger partial charge in [0.1, 0.15) is 0 Å². The van der Waals surface area contributed by atoms with E-state index in [9.17, 15) is 4.79 Å². The van der Waals surface area contributed by atoms with E-state index in [2.05, 4.69) is 22.4 Å². The number of benzene rings is 2. The average Bonchev–Trinajstić information content (AvgIpc) is 2.58. The van der Waals surface area contributed by atoms with Crippen LogP contribution in [-0.2, 0) is 4.79 Å². The second-order valence-electron chi connectivity index (χ2n) is 4.97. The summed E-state index contributed by atoms with van der Waals surface area (Å²) in [5.74, 6) is -0.0498. The Hall–Kier alpha value is -2.55. The van der Waals surface area contributed by atoms with Crippen LogP contribution in [0.2, 0.25) is 0 Å². The van der Waals surface area contributed by atoms with Gasteiger partial charge in [-0.25, -0.2) is 4.99 Å². The maximum Gasteiger partial charge on any atom is 0.255 e. The molecule has 3 rings (SSSR count). The van der Waals surface area contributed by atoms with Gasteiger partial charge in [0.15, 0.2) is 6.04 Å². The number of amides is 1. The number of aliphatic imine (C=N–C) groups is 1. The molecule has 22 heavy (non-hydrogen) atoms. The molecule has 0 bridgehead atoms. The average molecular weight is 306 g/mol. The van der Waals surface area contributed by atoms with E-state index in [1.165, 1.54) is 0 Å². The highest BCUT2D eigenvalue weighted by molar-refractivity contribution is 7.78. The van der Waals surface area contributed by atoms with Gasteiger partial charge in [-0.05, 0) is 29.9 Å². The highest BCUT2D eigenvalue weighted by atomic mass is 32.1. The number of thiocarbonyl (C=S) groups is 1. The number of isothiocyanates is 1. The Morgan fingerprint density at radius 2 is 1.68 bits per heavy atom. The number of carbonyl (C=O) groups is 1. The molecule has 3 nitrogen and oxygen atoms in total. The van der Waals surface area contributed by atoms with Gasteiger partial charge in [0, 0.05) is 5.69 Å². The van der Waals surface area contributed by atoms with Gasteiger partial charge in [-0.15, -0.1) is 0 Å². The number of para-hydroxylation sites is 1. The molecule has 1 amide bonds. The number of nitrogens with zero attached hydrogens (tertiary/aromatic N) is 2. The largest absolute Gasteiger partial charge is 0.301 e. The summed E-state index contributed by atoms with van der Waals surface area (Å²) in [5.41, 5.74) is 1.95. The lowest BCUT2D eigenvalue weighted by molar-refractivity contribution is -0.125. The van der Waals surface area contributed by atoms with Crippen molar-refractivity contribution in [3.8, 4) is 0 Å². The minimum Gasteiger partial charge on any atom is -0.301 e. The Labute approximate surface area is 134 Å². The predicted molar refractivity (Wildman–Crippen MR) is 92.0 cm³/mol. The molecule has 1 saturated heterocycles. The molecule has 1 heterocycles. The molecule has 0 radical (unpaired) electrons. The number of rotatable bonds is 4. The molecule has 2 aromatic carbocycles. The van der Waals surface area contributed by atoms with Crippen molar-refractivity contribution in [1.82, 2.24) is 0 Å². The summed E-state index contributed by atoms with van der Waals surface area (Å²) in [4.78, 5) is 18.0. The third-order valence-corrected chi connectivity index (χ3v) is 3.73. The molecule has 0 aliphatic carbocycles. The van der Waals surface area contributed by atoms with Crippen molar-refractivity contribution in [2.75, 3.05) is 4.90 Å². The maximum atomic E-state index is 12.3. The summed E-state index contributed by atoms with van der Waals surface area (Å²) in [7, 11) is 0. The molecule has 1 aliphatic heterocycles. The molecule has 4 heteroatoms. The summed E-state index contributed by atoms with van der Waals surface area (Å²) < 4.78 is 0. The summed E-state index contributed by atoms with van der Waals surface area (Å²) in [6.45, 7) is 0. The molecule has 0 saturated carbocycles. The first-order valence-corrected chi connectivity index (χ1v) is 7.40. The van der Waals surface area contributed by atoms with E-state index in [0.717, 1.165) is 11.3 Å². The minimum absolute atomic E-state index is 0.0498. The van der Waals surface area contributed by atoms with Gasteiger partial charge in [0.05, 0.1) is 11.2 Å². The first-order chi connectivity index (χ1) is 10.8. The number of hydrogen-bond acceptors (Lipinski definition) is 3. The highest BCUT2D eigenvalue weighted by Gasteiger charge is 2.46. The standard InChI is InChI=1S/C18H14N2OS/c21-18-17(19-13-22)16(12-11-14-7-3-1-4-8-14)20(18)15-9-5-2-6-10-15/h1-12,16-17H. The van der Waals surface area contributed by atoms with Gasteiger partial charge in [-0.3, -0.25) is 4.79 Å². The second kappa shape index (κ2) is 6.48. The van der Waals surface area contributed by atoms with Crippen molar-refractivity contribution in [2.45, 2.75) is 12.1 Å². The number of anilines is 1. The van der Waals surface area contributed by atoms with Crippen molar-refractivity contribution in [3.63, 3.8) is 0 Å². The van der Waals surface area contributed by atoms with Crippen molar-refractivity contribution in [2.24, 2.45) is 4.99 Å². The van der Waals surface area contributed by atoms with Crippen LogP contribution in [0, 0.1) is 0 Å². The third kappa shape index (κ3) is 2.75. The first kappa shape index (κ1) is 14.4. The molecular formula is C18H14N2OS. The number of carbonyl (C=O) groups excluding carboxylic acids is 1. The summed E-state index contributed by atoms with van der Waals surface area (Å²) >= 11 is 4.66. The van der Waals surface area contributed by atoms with Gasteiger partial charge in [0.25, 0.3) is 5.91 Å². The number of β-lactam (4-membered cyclic amide) rings is 1. The van der Waals surface area contributed by atoms with Crippen LogP contribution in [0.5, 0.6) is 0 Å². The smallest absolute Gasteiger partial charge is 0.255 e. The molecule has 1 fully saturated rings. The summed E-state index contributed by atoms with van der Waals surface area (Å²) in [6.07, 6.45) is 3.99. The lowest BCUT2D eigenvalue weighted by Crippen LogP contribution is -2.63. The van der Waals surface area contributed by atoms with Gasteiger partial charge in [-0.2, -0.15) is 0 Å². The monoisotopic (exact) mass is 306 g/mol. The molecule has 2 aromatic rings. The van der Waals surface area contributed by atoms with Gasteiger partial charge in [0.2, 0.25) is 0 Å². The Bertz CT molecular complexity index is 736. The second-order valence-corrected chi connectivity index (χ2v) is 5.15. The Morgan fingerprint density at radius 1 is 1.05 bits per heavy atom. The van der Waals surface area contributed by atoms with Crippen LogP contribution in [0.15, 0.2) is 71.7 Å². The molecule has 2 atom stereocenters. The Morgan fingerprint density at radius 3 is 2.32 bits per heavy atom. The summed E-state index contributed by atoms with van der Waals surface area (Å²) in [6, 6.07) is 18.9.